The molecule has 0 amide bonds. The summed E-state index contributed by atoms with van der Waals surface area (Å²) in [5.41, 5.74) is 7.18. The number of nitrogens with zero attached hydrogens (tertiary/aromatic N) is 2. The molecule has 0 fully saturated rings. The molecule has 0 aliphatic carbocycles. The normalized spacial score (nSPS) is 10.6. The van der Waals surface area contributed by atoms with Crippen molar-refractivity contribution in [2.45, 2.75) is 6.61 Å². The van der Waals surface area contributed by atoms with Crippen LogP contribution < -0.4 is 5.73 Å². The molecule has 6 heteroatoms. The highest BCUT2D eigenvalue weighted by atomic mass is 79.9. The lowest BCUT2D eigenvalue weighted by Crippen LogP contribution is -1.90. The molecule has 0 radical (unpaired) electrons. The number of hydrogen-bond acceptors (Lipinski definition) is 5. The zero-order valence-corrected chi connectivity index (χ0v) is 10.2. The molecule has 0 aliphatic heterocycles. The van der Waals surface area contributed by atoms with E-state index < -0.39 is 0 Å². The van der Waals surface area contributed by atoms with Crippen molar-refractivity contribution in [3.05, 3.63) is 28.5 Å². The van der Waals surface area contributed by atoms with Crippen LogP contribution >= 0.6 is 15.9 Å². The number of rotatable bonds is 3. The molecule has 0 saturated carbocycles. The monoisotopic (exact) mass is 283 g/mol. The second kappa shape index (κ2) is 4.63. The molecule has 0 unspecified atom stereocenters. The number of hydrogen-bond donors (Lipinski definition) is 1. The number of nitrogen functional groups attached to an aromatic ring is 1. The third kappa shape index (κ3) is 2.23. The van der Waals surface area contributed by atoms with Crippen molar-refractivity contribution in [2.24, 2.45) is 0 Å². The first-order valence-corrected chi connectivity index (χ1v) is 5.37. The van der Waals surface area contributed by atoms with Gasteiger partial charge in [-0.2, -0.15) is 4.98 Å². The minimum absolute atomic E-state index is 0.329. The van der Waals surface area contributed by atoms with Gasteiger partial charge in [-0.15, -0.1) is 0 Å². The summed E-state index contributed by atoms with van der Waals surface area (Å²) in [6, 6.07) is 5.46. The summed E-state index contributed by atoms with van der Waals surface area (Å²) in [4.78, 5) is 4.17. The molecule has 1 heterocycles. The van der Waals surface area contributed by atoms with Crippen molar-refractivity contribution in [1.29, 1.82) is 0 Å². The van der Waals surface area contributed by atoms with Crippen molar-refractivity contribution in [2.75, 3.05) is 12.8 Å². The zero-order valence-electron chi connectivity index (χ0n) is 8.61. The number of halogens is 1. The maximum absolute atomic E-state index is 5.76. The van der Waals surface area contributed by atoms with Crippen LogP contribution in [0.1, 0.15) is 5.82 Å². The summed E-state index contributed by atoms with van der Waals surface area (Å²) < 4.78 is 10.8. The molecule has 2 N–H and O–H groups in total. The van der Waals surface area contributed by atoms with Gasteiger partial charge < -0.3 is 15.0 Å². The SMILES string of the molecule is COCc1noc(-c2ccc(Br)c(N)c2)n1. The van der Waals surface area contributed by atoms with Crippen molar-refractivity contribution >= 4 is 21.6 Å². The van der Waals surface area contributed by atoms with E-state index in [4.69, 9.17) is 15.0 Å². The first-order chi connectivity index (χ1) is 7.70. The van der Waals surface area contributed by atoms with Crippen LogP contribution in [0, 0.1) is 0 Å². The Hall–Kier alpha value is -1.40. The van der Waals surface area contributed by atoms with Gasteiger partial charge in [-0.1, -0.05) is 5.16 Å². The molecule has 2 rings (SSSR count). The summed E-state index contributed by atoms with van der Waals surface area (Å²) in [6.45, 7) is 0.329. The van der Waals surface area contributed by atoms with Gasteiger partial charge >= 0.3 is 0 Å². The Labute approximate surface area is 101 Å². The predicted molar refractivity (Wildman–Crippen MR) is 62.6 cm³/mol. The van der Waals surface area contributed by atoms with Crippen LogP contribution in [0.4, 0.5) is 5.69 Å². The third-order valence-corrected chi connectivity index (χ3v) is 2.71. The van der Waals surface area contributed by atoms with Crippen LogP contribution in [-0.4, -0.2) is 17.3 Å². The lowest BCUT2D eigenvalue weighted by Gasteiger charge is -1.99. The maximum atomic E-state index is 5.76. The molecule has 1 aromatic heterocycles. The highest BCUT2D eigenvalue weighted by Gasteiger charge is 2.09. The minimum atomic E-state index is 0.329. The highest BCUT2D eigenvalue weighted by molar-refractivity contribution is 9.10. The summed E-state index contributed by atoms with van der Waals surface area (Å²) in [6.07, 6.45) is 0. The van der Waals surface area contributed by atoms with E-state index in [0.717, 1.165) is 10.0 Å². The molecule has 2 aromatic rings. The minimum Gasteiger partial charge on any atom is -0.398 e. The van der Waals surface area contributed by atoms with E-state index in [1.807, 2.05) is 12.1 Å². The number of benzene rings is 1. The Balaban J connectivity index is 2.31. The topological polar surface area (TPSA) is 74.2 Å². The molecule has 16 heavy (non-hydrogen) atoms. The average molecular weight is 284 g/mol. The molecule has 0 spiro atoms. The van der Waals surface area contributed by atoms with Gasteiger partial charge in [0, 0.05) is 22.8 Å². The smallest absolute Gasteiger partial charge is 0.258 e. The molecule has 84 valence electrons. The van der Waals surface area contributed by atoms with Crippen molar-refractivity contribution in [1.82, 2.24) is 10.1 Å². The Kier molecular flexibility index (Phi) is 3.21. The lowest BCUT2D eigenvalue weighted by molar-refractivity contribution is 0.174. The number of methoxy groups -OCH3 is 1. The highest BCUT2D eigenvalue weighted by Crippen LogP contribution is 2.25. The van der Waals surface area contributed by atoms with Gasteiger partial charge in [0.2, 0.25) is 0 Å². The summed E-state index contributed by atoms with van der Waals surface area (Å²) in [5, 5.41) is 3.77. The standard InChI is InChI=1S/C10H10BrN3O2/c1-15-5-9-13-10(16-14-9)6-2-3-7(11)8(12)4-6/h2-4H,5,12H2,1H3. The van der Waals surface area contributed by atoms with Gasteiger partial charge in [-0.25, -0.2) is 0 Å². The van der Waals surface area contributed by atoms with Crippen molar-refractivity contribution in [3.8, 4) is 11.5 Å². The summed E-state index contributed by atoms with van der Waals surface area (Å²) in [5.74, 6) is 0.949. The molecule has 0 aliphatic rings. The maximum Gasteiger partial charge on any atom is 0.258 e. The van der Waals surface area contributed by atoms with E-state index in [1.165, 1.54) is 0 Å². The van der Waals surface area contributed by atoms with E-state index in [0.29, 0.717) is 24.0 Å². The van der Waals surface area contributed by atoms with Crippen LogP contribution in [0.3, 0.4) is 0 Å². The fraction of sp³-hybridized carbons (Fsp3) is 0.200. The van der Waals surface area contributed by atoms with Gasteiger partial charge in [-0.3, -0.25) is 0 Å². The Morgan fingerprint density at radius 1 is 1.50 bits per heavy atom. The fourth-order valence-electron chi connectivity index (χ4n) is 1.24. The van der Waals surface area contributed by atoms with Gasteiger partial charge in [0.15, 0.2) is 5.82 Å². The van der Waals surface area contributed by atoms with Gasteiger partial charge in [0.1, 0.15) is 6.61 Å². The van der Waals surface area contributed by atoms with Gasteiger partial charge in [-0.05, 0) is 34.1 Å². The van der Waals surface area contributed by atoms with E-state index in [-0.39, 0.29) is 0 Å². The van der Waals surface area contributed by atoms with E-state index in [2.05, 4.69) is 26.1 Å². The second-order valence-electron chi connectivity index (χ2n) is 3.19. The van der Waals surface area contributed by atoms with Crippen LogP contribution in [-0.2, 0) is 11.3 Å². The Morgan fingerprint density at radius 2 is 2.31 bits per heavy atom. The Morgan fingerprint density at radius 3 is 3.00 bits per heavy atom. The van der Waals surface area contributed by atoms with E-state index in [9.17, 15) is 0 Å². The van der Waals surface area contributed by atoms with Crippen LogP contribution in [0.25, 0.3) is 11.5 Å². The van der Waals surface area contributed by atoms with Crippen LogP contribution in [0.2, 0.25) is 0 Å². The van der Waals surface area contributed by atoms with E-state index in [1.54, 1.807) is 13.2 Å². The van der Waals surface area contributed by atoms with Crippen LogP contribution in [0.5, 0.6) is 0 Å². The summed E-state index contributed by atoms with van der Waals surface area (Å²) in [7, 11) is 1.58. The lowest BCUT2D eigenvalue weighted by atomic mass is 10.2. The van der Waals surface area contributed by atoms with Gasteiger partial charge in [0.05, 0.1) is 0 Å². The number of anilines is 1. The number of aromatic nitrogens is 2. The third-order valence-electron chi connectivity index (χ3n) is 1.98. The predicted octanol–water partition coefficient (Wildman–Crippen LogP) is 2.23. The number of ether oxygens (including phenoxy) is 1. The van der Waals surface area contributed by atoms with Crippen molar-refractivity contribution < 1.29 is 9.26 Å². The Bertz CT molecular complexity index is 499. The van der Waals surface area contributed by atoms with Crippen molar-refractivity contribution in [3.63, 3.8) is 0 Å². The first kappa shape index (κ1) is 11.1. The molecular weight excluding hydrogens is 274 g/mol. The van der Waals surface area contributed by atoms with Crippen LogP contribution in [0.15, 0.2) is 27.2 Å². The molecule has 0 atom stereocenters. The average Bonchev–Trinajstić information content (AvgIpc) is 2.71. The second-order valence-corrected chi connectivity index (χ2v) is 4.04. The molecular formula is C10H10BrN3O2. The zero-order chi connectivity index (χ0) is 11.5. The van der Waals surface area contributed by atoms with E-state index >= 15 is 0 Å². The number of nitrogens with two attached hydrogens (primary N) is 1. The van der Waals surface area contributed by atoms with Gasteiger partial charge in [0.25, 0.3) is 5.89 Å². The largest absolute Gasteiger partial charge is 0.398 e. The quantitative estimate of drug-likeness (QED) is 0.875. The molecule has 1 aromatic carbocycles. The molecule has 0 bridgehead atoms. The first-order valence-electron chi connectivity index (χ1n) is 4.57. The summed E-state index contributed by atoms with van der Waals surface area (Å²) >= 11 is 3.32. The molecule has 5 nitrogen and oxygen atoms in total. The fourth-order valence-corrected chi connectivity index (χ4v) is 1.48. The molecule has 0 saturated heterocycles.